The lowest BCUT2D eigenvalue weighted by Gasteiger charge is -2.18. The summed E-state index contributed by atoms with van der Waals surface area (Å²) in [5.41, 5.74) is 1.61. The largest absolute Gasteiger partial charge is 0.508 e. The summed E-state index contributed by atoms with van der Waals surface area (Å²) >= 11 is 6.01. The van der Waals surface area contributed by atoms with Crippen molar-refractivity contribution < 1.29 is 14.6 Å². The SMILES string of the molecule is COc1ccc(O)c(C(C)Nc2ccc(Cl)c(OC)c2)c1. The van der Waals surface area contributed by atoms with E-state index in [4.69, 9.17) is 21.1 Å². The Bertz CT molecular complexity index is 631. The number of phenols is 1. The molecule has 0 fully saturated rings. The summed E-state index contributed by atoms with van der Waals surface area (Å²) < 4.78 is 10.4. The molecule has 0 spiro atoms. The lowest BCUT2D eigenvalue weighted by atomic mass is 10.1. The Labute approximate surface area is 129 Å². The highest BCUT2D eigenvalue weighted by Crippen LogP contribution is 2.33. The number of aromatic hydroxyl groups is 1. The van der Waals surface area contributed by atoms with Crippen LogP contribution in [0.25, 0.3) is 0 Å². The summed E-state index contributed by atoms with van der Waals surface area (Å²) in [6.45, 7) is 1.95. The van der Waals surface area contributed by atoms with Gasteiger partial charge < -0.3 is 19.9 Å². The van der Waals surface area contributed by atoms with Gasteiger partial charge in [-0.15, -0.1) is 0 Å². The maximum atomic E-state index is 9.98. The standard InChI is InChI=1S/C16H18ClNO3/c1-10(13-9-12(20-2)5-7-15(13)19)18-11-4-6-14(17)16(8-11)21-3/h4-10,18-19H,1-3H3. The predicted molar refractivity (Wildman–Crippen MR) is 84.7 cm³/mol. The van der Waals surface area contributed by atoms with Crippen LogP contribution in [0, 0.1) is 0 Å². The van der Waals surface area contributed by atoms with Crippen molar-refractivity contribution >= 4 is 17.3 Å². The van der Waals surface area contributed by atoms with Crippen LogP contribution in [0.5, 0.6) is 17.2 Å². The molecule has 2 aromatic carbocycles. The number of ether oxygens (including phenoxy) is 2. The number of rotatable bonds is 5. The molecule has 2 rings (SSSR count). The Hall–Kier alpha value is -2.07. The second kappa shape index (κ2) is 6.59. The summed E-state index contributed by atoms with van der Waals surface area (Å²) in [6, 6.07) is 10.5. The minimum atomic E-state index is -0.106. The minimum absolute atomic E-state index is 0.106. The fraction of sp³-hybridized carbons (Fsp3) is 0.250. The zero-order valence-electron chi connectivity index (χ0n) is 12.2. The van der Waals surface area contributed by atoms with Gasteiger partial charge in [-0.25, -0.2) is 0 Å². The highest BCUT2D eigenvalue weighted by molar-refractivity contribution is 6.32. The smallest absolute Gasteiger partial charge is 0.139 e. The van der Waals surface area contributed by atoms with Gasteiger partial charge in [0, 0.05) is 17.3 Å². The van der Waals surface area contributed by atoms with Crippen molar-refractivity contribution in [3.63, 3.8) is 0 Å². The number of nitrogens with one attached hydrogen (secondary N) is 1. The lowest BCUT2D eigenvalue weighted by molar-refractivity contribution is 0.410. The molecular weight excluding hydrogens is 290 g/mol. The second-order valence-electron chi connectivity index (χ2n) is 4.64. The molecule has 2 aromatic rings. The molecule has 1 unspecified atom stereocenters. The van der Waals surface area contributed by atoms with E-state index in [0.29, 0.717) is 16.5 Å². The van der Waals surface area contributed by atoms with E-state index < -0.39 is 0 Å². The predicted octanol–water partition coefficient (Wildman–Crippen LogP) is 4.24. The summed E-state index contributed by atoms with van der Waals surface area (Å²) in [4.78, 5) is 0. The molecule has 21 heavy (non-hydrogen) atoms. The number of hydrogen-bond acceptors (Lipinski definition) is 4. The van der Waals surface area contributed by atoms with Gasteiger partial charge in [-0.05, 0) is 37.3 Å². The topological polar surface area (TPSA) is 50.7 Å². The number of methoxy groups -OCH3 is 2. The van der Waals surface area contributed by atoms with Crippen LogP contribution in [0.15, 0.2) is 36.4 Å². The summed E-state index contributed by atoms with van der Waals surface area (Å²) in [5, 5.41) is 13.8. The fourth-order valence-corrected chi connectivity index (χ4v) is 2.28. The van der Waals surface area contributed by atoms with Crippen LogP contribution in [-0.4, -0.2) is 19.3 Å². The molecule has 0 radical (unpaired) electrons. The first kappa shape index (κ1) is 15.3. The van der Waals surface area contributed by atoms with Gasteiger partial charge in [0.1, 0.15) is 17.2 Å². The molecular formula is C16H18ClNO3. The summed E-state index contributed by atoms with van der Waals surface area (Å²) in [7, 11) is 3.17. The zero-order valence-corrected chi connectivity index (χ0v) is 12.9. The third kappa shape index (κ3) is 3.52. The van der Waals surface area contributed by atoms with E-state index >= 15 is 0 Å². The molecule has 0 bridgehead atoms. The van der Waals surface area contributed by atoms with Crippen LogP contribution >= 0.6 is 11.6 Å². The normalized spacial score (nSPS) is 11.8. The van der Waals surface area contributed by atoms with E-state index in [1.165, 1.54) is 0 Å². The van der Waals surface area contributed by atoms with Crippen LogP contribution in [0.1, 0.15) is 18.5 Å². The summed E-state index contributed by atoms with van der Waals surface area (Å²) in [5.74, 6) is 1.52. The first-order chi connectivity index (χ1) is 10.0. The van der Waals surface area contributed by atoms with E-state index in [1.54, 1.807) is 38.5 Å². The average molecular weight is 308 g/mol. The van der Waals surface area contributed by atoms with Crippen LogP contribution in [0.2, 0.25) is 5.02 Å². The van der Waals surface area contributed by atoms with E-state index in [1.807, 2.05) is 19.1 Å². The van der Waals surface area contributed by atoms with Crippen LogP contribution in [0.3, 0.4) is 0 Å². The molecule has 0 amide bonds. The number of phenolic OH excluding ortho intramolecular Hbond substituents is 1. The van der Waals surface area contributed by atoms with E-state index in [9.17, 15) is 5.11 Å². The number of hydrogen-bond donors (Lipinski definition) is 2. The Morgan fingerprint density at radius 3 is 2.52 bits per heavy atom. The van der Waals surface area contributed by atoms with Crippen molar-refractivity contribution in [1.29, 1.82) is 0 Å². The van der Waals surface area contributed by atoms with Crippen molar-refractivity contribution in [2.45, 2.75) is 13.0 Å². The second-order valence-corrected chi connectivity index (χ2v) is 5.05. The quantitative estimate of drug-likeness (QED) is 0.867. The molecule has 5 heteroatoms. The lowest BCUT2D eigenvalue weighted by Crippen LogP contribution is -2.07. The zero-order chi connectivity index (χ0) is 15.4. The van der Waals surface area contributed by atoms with E-state index in [2.05, 4.69) is 5.32 Å². The monoisotopic (exact) mass is 307 g/mol. The number of benzene rings is 2. The molecule has 0 saturated carbocycles. The third-order valence-electron chi connectivity index (χ3n) is 3.24. The number of halogens is 1. The minimum Gasteiger partial charge on any atom is -0.508 e. The first-order valence-corrected chi connectivity index (χ1v) is 6.90. The Balaban J connectivity index is 2.23. The average Bonchev–Trinajstić information content (AvgIpc) is 2.49. The Morgan fingerprint density at radius 2 is 1.86 bits per heavy atom. The molecule has 2 N–H and O–H groups in total. The van der Waals surface area contributed by atoms with Crippen molar-refractivity contribution in [3.05, 3.63) is 47.0 Å². The molecule has 0 heterocycles. The van der Waals surface area contributed by atoms with Gasteiger partial charge in [0.2, 0.25) is 0 Å². The molecule has 0 aliphatic carbocycles. The molecule has 4 nitrogen and oxygen atoms in total. The van der Waals surface area contributed by atoms with Gasteiger partial charge in [-0.1, -0.05) is 11.6 Å². The van der Waals surface area contributed by atoms with E-state index in [-0.39, 0.29) is 11.8 Å². The van der Waals surface area contributed by atoms with Gasteiger partial charge in [-0.2, -0.15) is 0 Å². The molecule has 112 valence electrons. The van der Waals surface area contributed by atoms with Crippen LogP contribution in [0.4, 0.5) is 5.69 Å². The molecule has 0 aliphatic heterocycles. The van der Waals surface area contributed by atoms with E-state index in [0.717, 1.165) is 11.3 Å². The molecule has 0 aliphatic rings. The maximum absolute atomic E-state index is 9.98. The van der Waals surface area contributed by atoms with Crippen molar-refractivity contribution in [2.75, 3.05) is 19.5 Å². The fourth-order valence-electron chi connectivity index (χ4n) is 2.08. The third-order valence-corrected chi connectivity index (χ3v) is 3.55. The van der Waals surface area contributed by atoms with Crippen LogP contribution < -0.4 is 14.8 Å². The highest BCUT2D eigenvalue weighted by Gasteiger charge is 2.12. The van der Waals surface area contributed by atoms with Gasteiger partial charge >= 0.3 is 0 Å². The molecule has 0 saturated heterocycles. The highest BCUT2D eigenvalue weighted by atomic mass is 35.5. The van der Waals surface area contributed by atoms with Gasteiger partial charge in [-0.3, -0.25) is 0 Å². The van der Waals surface area contributed by atoms with Gasteiger partial charge in [0.15, 0.2) is 0 Å². The summed E-state index contributed by atoms with van der Waals surface area (Å²) in [6.07, 6.45) is 0. The Kier molecular flexibility index (Phi) is 4.81. The van der Waals surface area contributed by atoms with Gasteiger partial charge in [0.05, 0.1) is 25.3 Å². The number of anilines is 1. The maximum Gasteiger partial charge on any atom is 0.139 e. The van der Waals surface area contributed by atoms with Gasteiger partial charge in [0.25, 0.3) is 0 Å². The van der Waals surface area contributed by atoms with Crippen molar-refractivity contribution in [3.8, 4) is 17.2 Å². The van der Waals surface area contributed by atoms with Crippen LogP contribution in [-0.2, 0) is 0 Å². The van der Waals surface area contributed by atoms with Crippen molar-refractivity contribution in [2.24, 2.45) is 0 Å². The Morgan fingerprint density at radius 1 is 1.10 bits per heavy atom. The molecule has 1 atom stereocenters. The molecule has 0 aromatic heterocycles. The first-order valence-electron chi connectivity index (χ1n) is 6.52. The van der Waals surface area contributed by atoms with Crippen molar-refractivity contribution in [1.82, 2.24) is 0 Å².